The van der Waals surface area contributed by atoms with E-state index in [9.17, 15) is 14.7 Å². The van der Waals surface area contributed by atoms with E-state index in [1.54, 1.807) is 23.1 Å². The Morgan fingerprint density at radius 2 is 1.68 bits per heavy atom. The minimum atomic E-state index is -0.730. The molecule has 1 unspecified atom stereocenters. The molecule has 3 aromatic rings. The van der Waals surface area contributed by atoms with Crippen molar-refractivity contribution in [3.8, 4) is 11.5 Å². The number of amides is 1. The number of aliphatic hydroxyl groups is 1. The van der Waals surface area contributed by atoms with Gasteiger partial charge in [0, 0.05) is 31.7 Å². The summed E-state index contributed by atoms with van der Waals surface area (Å²) in [5, 5.41) is 11.5. The predicted octanol–water partition coefficient (Wildman–Crippen LogP) is 4.73. The Morgan fingerprint density at radius 1 is 0.951 bits per heavy atom. The predicted molar refractivity (Wildman–Crippen MR) is 156 cm³/mol. The first kappa shape index (κ1) is 28.4. The van der Waals surface area contributed by atoms with Crippen molar-refractivity contribution in [2.45, 2.75) is 26.5 Å². The maximum atomic E-state index is 13.5. The van der Waals surface area contributed by atoms with Gasteiger partial charge in [-0.3, -0.25) is 14.5 Å². The number of hydrogen-bond donors (Lipinski definition) is 1. The second kappa shape index (κ2) is 13.0. The number of aliphatic hydroxyl groups excluding tert-OH is 1. The van der Waals surface area contributed by atoms with E-state index < -0.39 is 17.7 Å². The van der Waals surface area contributed by atoms with E-state index >= 15 is 0 Å². The first-order chi connectivity index (χ1) is 20.0. The molecule has 8 nitrogen and oxygen atoms in total. The number of morpholine rings is 1. The number of carbonyl (C=O) groups is 2. The lowest BCUT2D eigenvalue weighted by Gasteiger charge is -2.31. The highest BCUT2D eigenvalue weighted by molar-refractivity contribution is 6.46. The summed E-state index contributed by atoms with van der Waals surface area (Å²) in [6.07, 6.45) is 0. The zero-order chi connectivity index (χ0) is 28.8. The Labute approximate surface area is 240 Å². The van der Waals surface area contributed by atoms with E-state index in [2.05, 4.69) is 4.90 Å². The van der Waals surface area contributed by atoms with Gasteiger partial charge in [-0.1, -0.05) is 42.5 Å². The monoisotopic (exact) mass is 556 g/mol. The van der Waals surface area contributed by atoms with E-state index in [4.69, 9.17) is 14.2 Å². The van der Waals surface area contributed by atoms with Crippen molar-refractivity contribution in [2.24, 2.45) is 0 Å². The minimum Gasteiger partial charge on any atom is -0.507 e. The Hall–Kier alpha value is -4.14. The molecule has 2 heterocycles. The van der Waals surface area contributed by atoms with Crippen LogP contribution in [0.15, 0.2) is 78.4 Å². The number of benzene rings is 3. The highest BCUT2D eigenvalue weighted by Gasteiger charge is 2.46. The summed E-state index contributed by atoms with van der Waals surface area (Å²) >= 11 is 0. The van der Waals surface area contributed by atoms with Gasteiger partial charge < -0.3 is 24.2 Å². The SMILES string of the molecule is CCOc1ccc(/C(O)=C2\C(=O)C(=O)N(CCN3CCOCC3)C2c2ccc(OCc3ccccc3)cc2)cc1C. The molecule has 0 bridgehead atoms. The van der Waals surface area contributed by atoms with Gasteiger partial charge in [-0.05, 0) is 60.9 Å². The number of nitrogens with zero attached hydrogens (tertiary/aromatic N) is 2. The molecule has 8 heteroatoms. The number of ketones is 1. The third-order valence-electron chi connectivity index (χ3n) is 7.49. The highest BCUT2D eigenvalue weighted by atomic mass is 16.5. The Bertz CT molecular complexity index is 1400. The Kier molecular flexibility index (Phi) is 9.01. The number of hydrogen-bond acceptors (Lipinski definition) is 7. The van der Waals surface area contributed by atoms with Crippen molar-refractivity contribution in [2.75, 3.05) is 46.0 Å². The van der Waals surface area contributed by atoms with Crippen LogP contribution in [0.3, 0.4) is 0 Å². The lowest BCUT2D eigenvalue weighted by Crippen LogP contribution is -2.42. The van der Waals surface area contributed by atoms with Crippen LogP contribution < -0.4 is 9.47 Å². The fraction of sp³-hybridized carbons (Fsp3) is 0.333. The van der Waals surface area contributed by atoms with E-state index in [0.29, 0.717) is 56.6 Å². The van der Waals surface area contributed by atoms with Gasteiger partial charge in [-0.2, -0.15) is 0 Å². The molecule has 2 fully saturated rings. The van der Waals surface area contributed by atoms with Crippen molar-refractivity contribution in [3.05, 3.63) is 101 Å². The summed E-state index contributed by atoms with van der Waals surface area (Å²) in [5.74, 6) is -0.122. The lowest BCUT2D eigenvalue weighted by molar-refractivity contribution is -0.140. The fourth-order valence-corrected chi connectivity index (χ4v) is 5.29. The quantitative estimate of drug-likeness (QED) is 0.220. The van der Waals surface area contributed by atoms with Crippen LogP contribution in [0.1, 0.15) is 35.2 Å². The van der Waals surface area contributed by atoms with Gasteiger partial charge in [-0.15, -0.1) is 0 Å². The number of ether oxygens (including phenoxy) is 3. The molecule has 41 heavy (non-hydrogen) atoms. The normalized spacial score (nSPS) is 19.0. The van der Waals surface area contributed by atoms with Gasteiger partial charge in [0.05, 0.1) is 31.4 Å². The van der Waals surface area contributed by atoms with Gasteiger partial charge in [0.2, 0.25) is 0 Å². The Balaban J connectivity index is 1.46. The average Bonchev–Trinajstić information content (AvgIpc) is 3.26. The van der Waals surface area contributed by atoms with Crippen molar-refractivity contribution in [1.29, 1.82) is 0 Å². The number of aryl methyl sites for hydroxylation is 1. The second-order valence-electron chi connectivity index (χ2n) is 10.2. The molecule has 0 aliphatic carbocycles. The molecule has 2 aliphatic rings. The molecule has 0 radical (unpaired) electrons. The first-order valence-corrected chi connectivity index (χ1v) is 14.0. The highest BCUT2D eigenvalue weighted by Crippen LogP contribution is 2.40. The van der Waals surface area contributed by atoms with Gasteiger partial charge in [0.1, 0.15) is 23.9 Å². The van der Waals surface area contributed by atoms with Crippen LogP contribution in [0, 0.1) is 6.92 Å². The maximum Gasteiger partial charge on any atom is 0.295 e. The summed E-state index contributed by atoms with van der Waals surface area (Å²) in [7, 11) is 0. The van der Waals surface area contributed by atoms with Crippen LogP contribution in [-0.4, -0.2) is 72.6 Å². The molecule has 0 aromatic heterocycles. The fourth-order valence-electron chi connectivity index (χ4n) is 5.29. The molecule has 0 saturated carbocycles. The molecule has 5 rings (SSSR count). The Morgan fingerprint density at radius 3 is 2.37 bits per heavy atom. The third kappa shape index (κ3) is 6.45. The summed E-state index contributed by atoms with van der Waals surface area (Å²) < 4.78 is 17.0. The zero-order valence-corrected chi connectivity index (χ0v) is 23.5. The molecule has 214 valence electrons. The van der Waals surface area contributed by atoms with Crippen molar-refractivity contribution < 1.29 is 28.9 Å². The molecule has 2 saturated heterocycles. The van der Waals surface area contributed by atoms with Crippen LogP contribution in [-0.2, 0) is 20.9 Å². The molecule has 2 aliphatic heterocycles. The molecular weight excluding hydrogens is 520 g/mol. The van der Waals surface area contributed by atoms with Crippen molar-refractivity contribution >= 4 is 17.4 Å². The van der Waals surface area contributed by atoms with Gasteiger partial charge in [0.25, 0.3) is 11.7 Å². The summed E-state index contributed by atoms with van der Waals surface area (Å²) in [6, 6.07) is 21.8. The molecule has 0 spiro atoms. The first-order valence-electron chi connectivity index (χ1n) is 14.0. The van der Waals surface area contributed by atoms with E-state index in [-0.39, 0.29) is 11.3 Å². The topological polar surface area (TPSA) is 88.5 Å². The van der Waals surface area contributed by atoms with E-state index in [1.807, 2.05) is 68.4 Å². The minimum absolute atomic E-state index is 0.0819. The summed E-state index contributed by atoms with van der Waals surface area (Å²) in [6.45, 7) is 8.52. The molecular formula is C33H36N2O6. The van der Waals surface area contributed by atoms with E-state index in [0.717, 1.165) is 29.8 Å². The number of Topliss-reactive ketones (excluding diaryl/α,β-unsaturated/α-hetero) is 1. The number of likely N-dealkylation sites (tertiary alicyclic amines) is 1. The number of rotatable bonds is 10. The van der Waals surface area contributed by atoms with E-state index in [1.165, 1.54) is 0 Å². The lowest BCUT2D eigenvalue weighted by atomic mass is 9.94. The second-order valence-corrected chi connectivity index (χ2v) is 10.2. The van der Waals surface area contributed by atoms with Crippen LogP contribution in [0.5, 0.6) is 11.5 Å². The molecule has 1 amide bonds. The standard InChI is InChI=1S/C33H36N2O6/c1-3-40-28-14-11-26(21-23(28)2)31(36)29-30(35(33(38)32(29)37)16-15-34-17-19-39-20-18-34)25-9-12-27(13-10-25)41-22-24-7-5-4-6-8-24/h4-14,21,30,36H,3,15-20,22H2,1-2H3/b31-29+. The third-order valence-corrected chi connectivity index (χ3v) is 7.49. The maximum absolute atomic E-state index is 13.5. The van der Waals surface area contributed by atoms with Gasteiger partial charge in [0.15, 0.2) is 0 Å². The summed E-state index contributed by atoms with van der Waals surface area (Å²) in [5.41, 5.74) is 3.15. The van der Waals surface area contributed by atoms with Crippen LogP contribution in [0.4, 0.5) is 0 Å². The average molecular weight is 557 g/mol. The van der Waals surface area contributed by atoms with Crippen molar-refractivity contribution in [3.63, 3.8) is 0 Å². The van der Waals surface area contributed by atoms with Crippen molar-refractivity contribution in [1.82, 2.24) is 9.80 Å². The zero-order valence-electron chi connectivity index (χ0n) is 23.5. The summed E-state index contributed by atoms with van der Waals surface area (Å²) in [4.78, 5) is 30.6. The molecule has 3 aromatic carbocycles. The largest absolute Gasteiger partial charge is 0.507 e. The smallest absolute Gasteiger partial charge is 0.295 e. The van der Waals surface area contributed by atoms with Crippen LogP contribution in [0.25, 0.3) is 5.76 Å². The molecule has 1 N–H and O–H groups in total. The number of carbonyl (C=O) groups excluding carboxylic acids is 2. The van der Waals surface area contributed by atoms with Gasteiger partial charge in [-0.25, -0.2) is 0 Å². The van der Waals surface area contributed by atoms with Crippen LogP contribution in [0.2, 0.25) is 0 Å². The molecule has 1 atom stereocenters. The van der Waals surface area contributed by atoms with Crippen LogP contribution >= 0.6 is 0 Å². The van der Waals surface area contributed by atoms with Gasteiger partial charge >= 0.3 is 0 Å².